The van der Waals surface area contributed by atoms with E-state index in [1.54, 1.807) is 0 Å². The number of amides is 1. The zero-order valence-corrected chi connectivity index (χ0v) is 11.7. The molecular weight excluding hydrogens is 252 g/mol. The van der Waals surface area contributed by atoms with Crippen LogP contribution in [0.3, 0.4) is 0 Å². The number of piperidine rings is 1. The molecule has 0 saturated carbocycles. The third-order valence-corrected chi connectivity index (χ3v) is 4.00. The molecule has 1 fully saturated rings. The number of nitrogens with zero attached hydrogens (tertiary/aromatic N) is 3. The number of carbonyl (C=O) groups excluding carboxylic acids is 1. The molecule has 0 aromatic carbocycles. The summed E-state index contributed by atoms with van der Waals surface area (Å²) < 4.78 is 1.95. The van der Waals surface area contributed by atoms with E-state index in [2.05, 4.69) is 10.3 Å². The Bertz CT molecular complexity index is 566. The second-order valence-corrected chi connectivity index (χ2v) is 5.32. The number of nitrogens with one attached hydrogen (secondary N) is 1. The Labute approximate surface area is 118 Å². The summed E-state index contributed by atoms with van der Waals surface area (Å²) in [6.07, 6.45) is 6.36. The van der Waals surface area contributed by atoms with Crippen LogP contribution in [0.15, 0.2) is 30.6 Å². The largest absolute Gasteiger partial charge is 0.342 e. The summed E-state index contributed by atoms with van der Waals surface area (Å²) in [5.41, 5.74) is 1.74. The van der Waals surface area contributed by atoms with E-state index in [-0.39, 0.29) is 5.91 Å². The number of likely N-dealkylation sites (tertiary alicyclic amines) is 1. The van der Waals surface area contributed by atoms with Crippen LogP contribution in [0.5, 0.6) is 0 Å². The lowest BCUT2D eigenvalue weighted by Gasteiger charge is -2.31. The molecule has 1 saturated heterocycles. The van der Waals surface area contributed by atoms with Gasteiger partial charge in [-0.15, -0.1) is 0 Å². The molecule has 5 nitrogen and oxygen atoms in total. The molecule has 3 heterocycles. The van der Waals surface area contributed by atoms with Crippen LogP contribution in [0.25, 0.3) is 5.65 Å². The van der Waals surface area contributed by atoms with Gasteiger partial charge in [0.25, 0.3) is 0 Å². The number of rotatable bonds is 3. The molecule has 1 N–H and O–H groups in total. The monoisotopic (exact) mass is 272 g/mol. The van der Waals surface area contributed by atoms with Gasteiger partial charge < -0.3 is 14.6 Å². The summed E-state index contributed by atoms with van der Waals surface area (Å²) in [6.45, 7) is 1.69. The summed E-state index contributed by atoms with van der Waals surface area (Å²) in [5, 5.41) is 3.28. The number of aromatic nitrogens is 2. The number of hydrogen-bond donors (Lipinski definition) is 1. The minimum Gasteiger partial charge on any atom is -0.342 e. The molecule has 106 valence electrons. The number of fused-ring (bicyclic) bond motifs is 1. The van der Waals surface area contributed by atoms with Gasteiger partial charge in [-0.2, -0.15) is 0 Å². The highest BCUT2D eigenvalue weighted by molar-refractivity contribution is 5.78. The average molecular weight is 272 g/mol. The van der Waals surface area contributed by atoms with Crippen molar-refractivity contribution in [3.05, 3.63) is 36.3 Å². The van der Waals surface area contributed by atoms with E-state index in [0.717, 1.165) is 37.3 Å². The Balaban J connectivity index is 1.64. The van der Waals surface area contributed by atoms with Gasteiger partial charge in [-0.05, 0) is 32.0 Å². The van der Waals surface area contributed by atoms with Gasteiger partial charge in [0.15, 0.2) is 0 Å². The fourth-order valence-corrected chi connectivity index (χ4v) is 2.76. The fraction of sp³-hybridized carbons (Fsp3) is 0.467. The van der Waals surface area contributed by atoms with Gasteiger partial charge in [0.2, 0.25) is 5.91 Å². The van der Waals surface area contributed by atoms with Gasteiger partial charge in [-0.1, -0.05) is 6.07 Å². The zero-order valence-electron chi connectivity index (χ0n) is 11.7. The molecule has 0 radical (unpaired) electrons. The van der Waals surface area contributed by atoms with Crippen molar-refractivity contribution in [2.24, 2.45) is 0 Å². The SMILES string of the molecule is CNC1CCN(C(=O)Cc2cn3ccccc3n2)CC1. The van der Waals surface area contributed by atoms with Gasteiger partial charge in [-0.3, -0.25) is 4.79 Å². The van der Waals surface area contributed by atoms with Crippen LogP contribution < -0.4 is 5.32 Å². The van der Waals surface area contributed by atoms with E-state index < -0.39 is 0 Å². The first kappa shape index (κ1) is 13.1. The lowest BCUT2D eigenvalue weighted by atomic mass is 10.0. The molecule has 2 aromatic heterocycles. The molecular formula is C15H20N4O. The van der Waals surface area contributed by atoms with Gasteiger partial charge in [0, 0.05) is 31.5 Å². The highest BCUT2D eigenvalue weighted by Crippen LogP contribution is 2.12. The van der Waals surface area contributed by atoms with Crippen molar-refractivity contribution in [3.63, 3.8) is 0 Å². The number of hydrogen-bond acceptors (Lipinski definition) is 3. The average Bonchev–Trinajstić information content (AvgIpc) is 2.89. The zero-order chi connectivity index (χ0) is 13.9. The van der Waals surface area contributed by atoms with Crippen LogP contribution in [0.2, 0.25) is 0 Å². The van der Waals surface area contributed by atoms with E-state index in [1.165, 1.54) is 0 Å². The number of imidazole rings is 1. The van der Waals surface area contributed by atoms with E-state index in [4.69, 9.17) is 0 Å². The van der Waals surface area contributed by atoms with Crippen molar-refractivity contribution >= 4 is 11.6 Å². The Hall–Kier alpha value is -1.88. The highest BCUT2D eigenvalue weighted by atomic mass is 16.2. The minimum atomic E-state index is 0.183. The molecule has 0 spiro atoms. The summed E-state index contributed by atoms with van der Waals surface area (Å²) >= 11 is 0. The third kappa shape index (κ3) is 2.67. The van der Waals surface area contributed by atoms with Gasteiger partial charge >= 0.3 is 0 Å². The van der Waals surface area contributed by atoms with Crippen LogP contribution >= 0.6 is 0 Å². The normalized spacial score (nSPS) is 16.8. The molecule has 0 unspecified atom stereocenters. The van der Waals surface area contributed by atoms with Crippen LogP contribution in [-0.2, 0) is 11.2 Å². The molecule has 1 amide bonds. The van der Waals surface area contributed by atoms with E-state index in [9.17, 15) is 4.79 Å². The molecule has 2 aromatic rings. The lowest BCUT2D eigenvalue weighted by molar-refractivity contribution is -0.131. The summed E-state index contributed by atoms with van der Waals surface area (Å²) in [6, 6.07) is 6.42. The molecule has 1 aliphatic heterocycles. The van der Waals surface area contributed by atoms with E-state index in [1.807, 2.05) is 46.9 Å². The van der Waals surface area contributed by atoms with Crippen molar-refractivity contribution in [2.45, 2.75) is 25.3 Å². The molecule has 3 rings (SSSR count). The molecule has 0 bridgehead atoms. The maximum Gasteiger partial charge on any atom is 0.228 e. The molecule has 20 heavy (non-hydrogen) atoms. The van der Waals surface area contributed by atoms with E-state index >= 15 is 0 Å². The third-order valence-electron chi connectivity index (χ3n) is 4.00. The maximum absolute atomic E-state index is 12.3. The maximum atomic E-state index is 12.3. The van der Waals surface area contributed by atoms with Crippen molar-refractivity contribution in [3.8, 4) is 0 Å². The Morgan fingerprint density at radius 3 is 2.90 bits per heavy atom. The van der Waals surface area contributed by atoms with Crippen LogP contribution in [0.1, 0.15) is 18.5 Å². The number of pyridine rings is 1. The molecule has 0 atom stereocenters. The topological polar surface area (TPSA) is 49.6 Å². The highest BCUT2D eigenvalue weighted by Gasteiger charge is 2.22. The van der Waals surface area contributed by atoms with Crippen molar-refractivity contribution in [1.82, 2.24) is 19.6 Å². The first-order valence-electron chi connectivity index (χ1n) is 7.14. The van der Waals surface area contributed by atoms with Crippen LogP contribution in [0, 0.1) is 0 Å². The van der Waals surface area contributed by atoms with Crippen molar-refractivity contribution in [1.29, 1.82) is 0 Å². The first-order valence-corrected chi connectivity index (χ1v) is 7.14. The second kappa shape index (κ2) is 5.63. The predicted octanol–water partition coefficient (Wildman–Crippen LogP) is 1.09. The Morgan fingerprint density at radius 1 is 1.40 bits per heavy atom. The minimum absolute atomic E-state index is 0.183. The fourth-order valence-electron chi connectivity index (χ4n) is 2.76. The second-order valence-electron chi connectivity index (χ2n) is 5.32. The van der Waals surface area contributed by atoms with Gasteiger partial charge in [0.1, 0.15) is 5.65 Å². The van der Waals surface area contributed by atoms with Gasteiger partial charge in [0.05, 0.1) is 12.1 Å². The van der Waals surface area contributed by atoms with Crippen molar-refractivity contribution < 1.29 is 4.79 Å². The smallest absolute Gasteiger partial charge is 0.228 e. The van der Waals surface area contributed by atoms with Crippen LogP contribution in [-0.4, -0.2) is 46.4 Å². The van der Waals surface area contributed by atoms with Gasteiger partial charge in [-0.25, -0.2) is 4.98 Å². The first-order chi connectivity index (χ1) is 9.76. The molecule has 5 heteroatoms. The number of carbonyl (C=O) groups is 1. The quantitative estimate of drug-likeness (QED) is 0.910. The van der Waals surface area contributed by atoms with Crippen molar-refractivity contribution in [2.75, 3.05) is 20.1 Å². The van der Waals surface area contributed by atoms with E-state index in [0.29, 0.717) is 12.5 Å². The summed E-state index contributed by atoms with van der Waals surface area (Å²) in [5.74, 6) is 0.183. The standard InChI is InChI=1S/C15H20N4O/c1-16-12-5-8-18(9-6-12)15(20)10-13-11-19-7-3-2-4-14(19)17-13/h2-4,7,11-12,16H,5-6,8-10H2,1H3. The molecule has 1 aliphatic rings. The summed E-state index contributed by atoms with van der Waals surface area (Å²) in [4.78, 5) is 18.7. The summed E-state index contributed by atoms with van der Waals surface area (Å²) in [7, 11) is 1.98. The van der Waals surface area contributed by atoms with Crippen LogP contribution in [0.4, 0.5) is 0 Å². The molecule has 0 aliphatic carbocycles. The predicted molar refractivity (Wildman–Crippen MR) is 77.6 cm³/mol. The Kier molecular flexibility index (Phi) is 3.69. The Morgan fingerprint density at radius 2 is 2.20 bits per heavy atom. The lowest BCUT2D eigenvalue weighted by Crippen LogP contribution is -2.44.